The zero-order valence-corrected chi connectivity index (χ0v) is 55.8. The Bertz CT molecular complexity index is 1260. The predicted octanol–water partition coefficient (Wildman–Crippen LogP) is 13.5. The van der Waals surface area contributed by atoms with Gasteiger partial charge in [0.25, 0.3) is 0 Å². The molecule has 0 spiro atoms. The first kappa shape index (κ1) is 71.7. The first-order valence-corrected chi connectivity index (χ1v) is 37.9. The zero-order chi connectivity index (χ0) is 49.1. The van der Waals surface area contributed by atoms with Gasteiger partial charge in [-0.1, -0.05) is 189 Å². The van der Waals surface area contributed by atoms with Crippen LogP contribution in [0.4, 0.5) is 0 Å². The fourth-order valence-corrected chi connectivity index (χ4v) is 14.6. The normalized spacial score (nSPS) is 13.7. The molecule has 18 heteroatoms. The molecule has 0 fully saturated rings. The number of aliphatic imine (C=N–C) groups is 4. The summed E-state index contributed by atoms with van der Waals surface area (Å²) in [6.45, 7) is 66.4. The summed E-state index contributed by atoms with van der Waals surface area (Å²) in [5.74, 6) is 3.72. The summed E-state index contributed by atoms with van der Waals surface area (Å²) in [6.07, 6.45) is 1.95. The van der Waals surface area contributed by atoms with E-state index in [4.69, 9.17) is 41.2 Å². The molecule has 0 saturated heterocycles. The first-order chi connectivity index (χ1) is 27.9. The fourth-order valence-electron chi connectivity index (χ4n) is 6.99. The van der Waals surface area contributed by atoms with Crippen molar-refractivity contribution in [2.75, 3.05) is 26.2 Å². The molecule has 0 amide bonds. The van der Waals surface area contributed by atoms with Gasteiger partial charge in [-0.3, -0.25) is 0 Å². The van der Waals surface area contributed by atoms with Gasteiger partial charge < -0.3 is 59.5 Å². The number of hydrogen-bond acceptors (Lipinski definition) is 4. The minimum atomic E-state index is -1.62. The molecule has 0 atom stereocenters. The molecule has 0 heterocycles. The van der Waals surface area contributed by atoms with Crippen LogP contribution in [-0.2, 0) is 0 Å². The summed E-state index contributed by atoms with van der Waals surface area (Å²) >= 11 is 0. The second kappa shape index (κ2) is 33.7. The summed E-state index contributed by atoms with van der Waals surface area (Å²) in [4.78, 5) is 19.6. The van der Waals surface area contributed by atoms with Gasteiger partial charge in [-0.25, -0.2) is 0 Å². The molecular weight excluding hydrogens is 1140 g/mol. The van der Waals surface area contributed by atoms with Crippen molar-refractivity contribution in [3.8, 4) is 0 Å². The van der Waals surface area contributed by atoms with Crippen LogP contribution in [0.15, 0.2) is 20.0 Å². The van der Waals surface area contributed by atoms with Crippen molar-refractivity contribution in [2.45, 2.75) is 251 Å². The van der Waals surface area contributed by atoms with E-state index in [1.165, 1.54) is 0 Å². The Morgan fingerprint density at radius 1 is 0.375 bits per heavy atom. The van der Waals surface area contributed by atoms with Crippen LogP contribution < -0.4 is 0 Å². The van der Waals surface area contributed by atoms with Gasteiger partial charge in [0.05, 0.1) is 32.9 Å². The zero-order valence-electron chi connectivity index (χ0n) is 47.0. The third-order valence-electron chi connectivity index (χ3n) is 8.84. The van der Waals surface area contributed by atoms with Gasteiger partial charge in [0.1, 0.15) is 0 Å². The van der Waals surface area contributed by atoms with Gasteiger partial charge >= 0.3 is 98.8 Å². The first-order valence-electron chi connectivity index (χ1n) is 24.1. The molecule has 0 saturated carbocycles. The van der Waals surface area contributed by atoms with E-state index in [0.29, 0.717) is 12.1 Å². The maximum Gasteiger partial charge on any atom is 2.00 e. The van der Waals surface area contributed by atoms with Crippen molar-refractivity contribution >= 4 is 56.8 Å². The van der Waals surface area contributed by atoms with Crippen LogP contribution >= 0.6 is 0 Å². The Morgan fingerprint density at radius 3 is 0.781 bits per heavy atom. The Balaban J connectivity index is -0.000000545. The van der Waals surface area contributed by atoms with E-state index in [0.717, 1.165) is 62.9 Å². The molecule has 0 aromatic rings. The van der Waals surface area contributed by atoms with E-state index in [1.54, 1.807) is 0 Å². The Labute approximate surface area is 485 Å². The molecule has 0 unspecified atom stereocenters. The van der Waals surface area contributed by atoms with Crippen LogP contribution in [0.2, 0.25) is 78.6 Å². The van der Waals surface area contributed by atoms with Gasteiger partial charge in [-0.2, -0.15) is 0 Å². The molecule has 2 radical (unpaired) electrons. The van der Waals surface area contributed by atoms with Crippen LogP contribution in [0.5, 0.6) is 0 Å². The smallest absolute Gasteiger partial charge is 0.438 e. The molecule has 0 aliphatic carbocycles. The fraction of sp³-hybridized carbons (Fsp3) is 0.913. The Hall–Kier alpha value is 1.12. The number of guanidine groups is 4. The SMILES string of the molecule is CC(C)N=C([N-]C(C)C)N(CCC[N-]C(=NC(C)C)N(C(C)C)[Si](C)(C)C)[Si](C)(C)C.CC(C)N=C([N-]C(C)C)N(CCC[N-]C(=NC(C)C)N(C(C)C)[Si](C)(C)C)[Si](C)(C)C.[Eu+2].[Eu+2]. The van der Waals surface area contributed by atoms with Crippen molar-refractivity contribution in [3.05, 3.63) is 21.3 Å². The van der Waals surface area contributed by atoms with Crippen molar-refractivity contribution in [3.63, 3.8) is 0 Å². The molecule has 378 valence electrons. The van der Waals surface area contributed by atoms with E-state index in [1.807, 2.05) is 0 Å². The average Bonchev–Trinajstić information content (AvgIpc) is 2.99. The monoisotopic (exact) mass is 1240 g/mol. The molecule has 0 aromatic heterocycles. The minimum absolute atomic E-state index is 0. The van der Waals surface area contributed by atoms with Gasteiger partial charge in [0.15, 0.2) is 0 Å². The second-order valence-electron chi connectivity index (χ2n) is 22.9. The van der Waals surface area contributed by atoms with Gasteiger partial charge in [0, 0.05) is 23.8 Å². The number of rotatable bonds is 20. The Kier molecular flexibility index (Phi) is 37.7. The topological polar surface area (TPSA) is 119 Å². The van der Waals surface area contributed by atoms with Crippen molar-refractivity contribution in [2.24, 2.45) is 20.0 Å². The third-order valence-corrected chi connectivity index (χ3v) is 17.2. The van der Waals surface area contributed by atoms with E-state index in [-0.39, 0.29) is 135 Å². The summed E-state index contributed by atoms with van der Waals surface area (Å²) in [5.41, 5.74) is 0. The van der Waals surface area contributed by atoms with Crippen molar-refractivity contribution in [1.82, 2.24) is 18.3 Å². The molecule has 0 aliphatic heterocycles. The molecule has 0 aliphatic rings. The van der Waals surface area contributed by atoms with E-state index in [9.17, 15) is 0 Å². The summed E-state index contributed by atoms with van der Waals surface area (Å²) < 4.78 is 9.90. The van der Waals surface area contributed by atoms with Gasteiger partial charge in [-0.05, 0) is 87.4 Å². The van der Waals surface area contributed by atoms with E-state index < -0.39 is 32.9 Å². The predicted molar refractivity (Wildman–Crippen MR) is 294 cm³/mol. The van der Waals surface area contributed by atoms with E-state index in [2.05, 4.69) is 208 Å². The van der Waals surface area contributed by atoms with Crippen molar-refractivity contribution < 1.29 is 98.8 Å². The standard InChI is InChI=1S/2C23H52N6Si2.2Eu/c2*1-18(2)25-22(29(21(7)8)31(12,13)14)24-16-15-17-28(30(9,10)11)23(26-19(3)4)27-20(5)6;;/h2*18-21H,15-17H2,1-14H3;;/q2*-2;2*+2. The maximum atomic E-state index is 5.02. The quantitative estimate of drug-likeness (QED) is 0.0522. The molecule has 64 heavy (non-hydrogen) atoms. The molecular formula is C46H104Eu2N12Si4. The molecule has 0 aromatic carbocycles. The van der Waals surface area contributed by atoms with Crippen LogP contribution in [0, 0.1) is 98.8 Å². The number of hydrogen-bond donors (Lipinski definition) is 0. The number of nitrogens with zero attached hydrogens (tertiary/aromatic N) is 12. The molecule has 0 N–H and O–H groups in total. The van der Waals surface area contributed by atoms with Crippen LogP contribution in [-0.4, -0.2) is 150 Å². The summed E-state index contributed by atoms with van der Waals surface area (Å²) in [7, 11) is -6.40. The van der Waals surface area contributed by atoms with Gasteiger partial charge in [0.2, 0.25) is 0 Å². The van der Waals surface area contributed by atoms with Crippen molar-refractivity contribution in [1.29, 1.82) is 0 Å². The average molecular weight is 1240 g/mol. The summed E-state index contributed by atoms with van der Waals surface area (Å²) in [6, 6.07) is 2.24. The molecule has 12 nitrogen and oxygen atoms in total. The van der Waals surface area contributed by atoms with E-state index >= 15 is 0 Å². The minimum Gasteiger partial charge on any atom is -0.438 e. The van der Waals surface area contributed by atoms with Crippen LogP contribution in [0.3, 0.4) is 0 Å². The maximum absolute atomic E-state index is 5.02. The largest absolute Gasteiger partial charge is 2.00 e. The van der Waals surface area contributed by atoms with Gasteiger partial charge in [-0.15, -0.1) is 0 Å². The second-order valence-corrected chi connectivity index (χ2v) is 42.3. The third kappa shape index (κ3) is 32.1. The van der Waals surface area contributed by atoms with Crippen LogP contribution in [0.1, 0.15) is 124 Å². The summed E-state index contributed by atoms with van der Waals surface area (Å²) in [5, 5.41) is 19.8. The molecule has 0 rings (SSSR count). The Morgan fingerprint density at radius 2 is 0.609 bits per heavy atom. The molecule has 0 bridgehead atoms. The van der Waals surface area contributed by atoms with Crippen LogP contribution in [0.25, 0.3) is 21.3 Å².